The van der Waals surface area contributed by atoms with Crippen molar-refractivity contribution in [2.24, 2.45) is 0 Å². The van der Waals surface area contributed by atoms with Crippen molar-refractivity contribution in [3.63, 3.8) is 0 Å². The summed E-state index contributed by atoms with van der Waals surface area (Å²) < 4.78 is 55.9. The van der Waals surface area contributed by atoms with Gasteiger partial charge >= 0.3 is 6.18 Å². The van der Waals surface area contributed by atoms with Crippen LogP contribution in [0.5, 0.6) is 0 Å². The van der Waals surface area contributed by atoms with E-state index in [9.17, 15) is 17.4 Å². The number of nitrogens with one attached hydrogen (secondary N) is 1. The maximum Gasteiger partial charge on any atom is 0.420 e. The van der Waals surface area contributed by atoms with Crippen molar-refractivity contribution in [1.29, 1.82) is 5.26 Å². The van der Waals surface area contributed by atoms with E-state index in [4.69, 9.17) is 16.9 Å². The fraction of sp³-hybridized carbons (Fsp3) is 0.350. The number of nitrogens with zero attached hydrogens (tertiary/aromatic N) is 7. The number of anilines is 1. The molecule has 178 valence electrons. The fourth-order valence-corrected chi connectivity index (χ4v) is 4.56. The van der Waals surface area contributed by atoms with E-state index in [0.29, 0.717) is 31.6 Å². The van der Waals surface area contributed by atoms with E-state index in [1.54, 1.807) is 6.26 Å². The Morgan fingerprint density at radius 1 is 1.26 bits per heavy atom. The summed E-state index contributed by atoms with van der Waals surface area (Å²) >= 11 is 6.19. The summed E-state index contributed by atoms with van der Waals surface area (Å²) in [5, 5.41) is 12.2. The minimum absolute atomic E-state index is 0.0168. The highest BCUT2D eigenvalue weighted by atomic mass is 35.5. The smallest absolute Gasteiger partial charge is 0.351 e. The van der Waals surface area contributed by atoms with Crippen molar-refractivity contribution in [3.05, 3.63) is 47.3 Å². The van der Waals surface area contributed by atoms with Crippen LogP contribution < -0.4 is 5.32 Å². The van der Waals surface area contributed by atoms with Crippen LogP contribution in [0.3, 0.4) is 0 Å². The second-order valence-corrected chi connectivity index (χ2v) is 9.24. The summed E-state index contributed by atoms with van der Waals surface area (Å²) in [5.41, 5.74) is -1.13. The molecule has 1 unspecified atom stereocenters. The van der Waals surface area contributed by atoms with Gasteiger partial charge in [-0.3, -0.25) is 0 Å². The Morgan fingerprint density at radius 3 is 2.65 bits per heavy atom. The summed E-state index contributed by atoms with van der Waals surface area (Å²) in [7, 11) is -1.07. The number of pyridine rings is 1. The van der Waals surface area contributed by atoms with Gasteiger partial charge in [-0.15, -0.1) is 0 Å². The number of aromatic nitrogens is 5. The van der Waals surface area contributed by atoms with Crippen molar-refractivity contribution in [1.82, 2.24) is 28.8 Å². The summed E-state index contributed by atoms with van der Waals surface area (Å²) in [6.45, 7) is 1.19. The highest BCUT2D eigenvalue weighted by Crippen LogP contribution is 2.36. The molecule has 1 saturated heterocycles. The number of halogens is 4. The van der Waals surface area contributed by atoms with Crippen molar-refractivity contribution in [2.45, 2.75) is 25.1 Å². The second kappa shape index (κ2) is 9.65. The number of piperidine rings is 1. The average Bonchev–Trinajstić information content (AvgIpc) is 3.29. The van der Waals surface area contributed by atoms with Crippen molar-refractivity contribution in [2.75, 3.05) is 24.7 Å². The van der Waals surface area contributed by atoms with Gasteiger partial charge in [0.1, 0.15) is 34.4 Å². The first-order chi connectivity index (χ1) is 16.2. The van der Waals surface area contributed by atoms with Crippen molar-refractivity contribution in [3.8, 4) is 23.1 Å². The molecule has 1 atom stereocenters. The summed E-state index contributed by atoms with van der Waals surface area (Å²) in [6.07, 6.45) is 2.94. The third kappa shape index (κ3) is 5.03. The van der Waals surface area contributed by atoms with Crippen LogP contribution in [0.2, 0.25) is 5.02 Å². The molecule has 0 aromatic carbocycles. The standard InChI is InChI=1S/C20H18ClF3N8OS/c1-34(33)32-6-3-12(4-7-32)29-19-27-9-13(20(22,23)24)18(30-19)15-10-31(11-28-15)16-2-5-26-14(8-25)17(16)21/h2,5,9-12H,3-4,6-7H2,1H3,(H,27,29,30). The lowest BCUT2D eigenvalue weighted by molar-refractivity contribution is -0.137. The van der Waals surface area contributed by atoms with E-state index in [0.717, 1.165) is 6.20 Å². The molecule has 34 heavy (non-hydrogen) atoms. The topological polar surface area (TPSA) is 113 Å². The van der Waals surface area contributed by atoms with Crippen LogP contribution in [0.4, 0.5) is 19.1 Å². The first kappa shape index (κ1) is 24.1. The zero-order valence-corrected chi connectivity index (χ0v) is 19.3. The van der Waals surface area contributed by atoms with E-state index >= 15 is 0 Å². The van der Waals surface area contributed by atoms with E-state index < -0.39 is 22.7 Å². The van der Waals surface area contributed by atoms with Crippen molar-refractivity contribution < 1.29 is 17.4 Å². The molecule has 4 heterocycles. The Bertz CT molecular complexity index is 1270. The SMILES string of the molecule is CS(=O)N1CCC(Nc2ncc(C(F)(F)F)c(-c3cn(-c4ccnc(C#N)c4Cl)cn3)n2)CC1. The van der Waals surface area contributed by atoms with Gasteiger partial charge in [-0.25, -0.2) is 28.5 Å². The van der Waals surface area contributed by atoms with E-state index in [1.165, 1.54) is 29.4 Å². The van der Waals surface area contributed by atoms with Gasteiger partial charge in [-0.1, -0.05) is 11.6 Å². The first-order valence-corrected chi connectivity index (χ1v) is 11.9. The van der Waals surface area contributed by atoms with Crippen LogP contribution in [0.15, 0.2) is 31.0 Å². The molecular weight excluding hydrogens is 493 g/mol. The molecular formula is C20H18ClF3N8OS. The Labute approximate surface area is 200 Å². The molecule has 1 N–H and O–H groups in total. The molecule has 1 aliphatic rings. The molecule has 0 aliphatic carbocycles. The molecule has 0 spiro atoms. The third-order valence-electron chi connectivity index (χ3n) is 5.32. The molecule has 14 heteroatoms. The Balaban J connectivity index is 1.65. The van der Waals surface area contributed by atoms with E-state index in [2.05, 4.69) is 25.3 Å². The summed E-state index contributed by atoms with van der Waals surface area (Å²) in [4.78, 5) is 15.9. The number of nitriles is 1. The largest absolute Gasteiger partial charge is 0.420 e. The molecule has 4 rings (SSSR count). The van der Waals surface area contributed by atoms with Gasteiger partial charge in [0.15, 0.2) is 5.69 Å². The van der Waals surface area contributed by atoms with Gasteiger partial charge in [0.25, 0.3) is 0 Å². The number of rotatable bonds is 5. The maximum atomic E-state index is 13.7. The normalized spacial score (nSPS) is 16.2. The number of hydrogen-bond donors (Lipinski definition) is 1. The van der Waals surface area contributed by atoms with Gasteiger partial charge in [-0.2, -0.15) is 18.4 Å². The molecule has 0 radical (unpaired) electrons. The van der Waals surface area contributed by atoms with Crippen LogP contribution >= 0.6 is 11.6 Å². The lowest BCUT2D eigenvalue weighted by Crippen LogP contribution is -2.39. The molecule has 3 aromatic heterocycles. The zero-order chi connectivity index (χ0) is 24.5. The van der Waals surface area contributed by atoms with E-state index in [-0.39, 0.29) is 34.1 Å². The number of alkyl halides is 3. The first-order valence-electron chi connectivity index (χ1n) is 10.1. The van der Waals surface area contributed by atoms with Crippen molar-refractivity contribution >= 4 is 28.5 Å². The Hall–Kier alpha value is -3.08. The minimum atomic E-state index is -4.70. The molecule has 9 nitrogen and oxygen atoms in total. The predicted octanol–water partition coefficient (Wildman–Crippen LogP) is 3.44. The number of hydrogen-bond acceptors (Lipinski definition) is 7. The summed E-state index contributed by atoms with van der Waals surface area (Å²) in [6, 6.07) is 3.30. The van der Waals surface area contributed by atoms with E-state index in [1.807, 2.05) is 10.4 Å². The molecule has 1 aliphatic heterocycles. The summed E-state index contributed by atoms with van der Waals surface area (Å²) in [5.74, 6) is 0.0438. The van der Waals surface area contributed by atoms with Gasteiger partial charge in [0, 0.05) is 44.0 Å². The highest BCUT2D eigenvalue weighted by molar-refractivity contribution is 7.81. The van der Waals surface area contributed by atoms with Gasteiger partial charge < -0.3 is 9.88 Å². The lowest BCUT2D eigenvalue weighted by atomic mass is 10.1. The average molecular weight is 511 g/mol. The van der Waals surface area contributed by atoms with Crippen LogP contribution in [-0.4, -0.2) is 58.4 Å². The predicted molar refractivity (Wildman–Crippen MR) is 119 cm³/mol. The number of imidazole rings is 1. The van der Waals surface area contributed by atoms with Crippen LogP contribution in [-0.2, 0) is 17.2 Å². The minimum Gasteiger partial charge on any atom is -0.351 e. The van der Waals surface area contributed by atoms with Crippen LogP contribution in [0.25, 0.3) is 17.1 Å². The Morgan fingerprint density at radius 2 is 2.00 bits per heavy atom. The molecule has 1 fully saturated rings. The molecule has 0 saturated carbocycles. The van der Waals surface area contributed by atoms with Crippen LogP contribution in [0, 0.1) is 11.3 Å². The lowest BCUT2D eigenvalue weighted by Gasteiger charge is -2.30. The quantitative estimate of drug-likeness (QED) is 0.559. The fourth-order valence-electron chi connectivity index (χ4n) is 3.58. The van der Waals surface area contributed by atoms with Gasteiger partial charge in [0.2, 0.25) is 5.95 Å². The molecule has 0 amide bonds. The third-order valence-corrected chi connectivity index (χ3v) is 6.79. The molecule has 0 bridgehead atoms. The zero-order valence-electron chi connectivity index (χ0n) is 17.8. The Kier molecular flexibility index (Phi) is 6.83. The van der Waals surface area contributed by atoms with Gasteiger partial charge in [-0.05, 0) is 18.9 Å². The molecule has 3 aromatic rings. The second-order valence-electron chi connectivity index (χ2n) is 7.50. The maximum absolute atomic E-state index is 13.7. The highest BCUT2D eigenvalue weighted by Gasteiger charge is 2.36. The van der Waals surface area contributed by atoms with Gasteiger partial charge in [0.05, 0.1) is 16.7 Å². The van der Waals surface area contributed by atoms with Crippen LogP contribution in [0.1, 0.15) is 24.1 Å². The monoisotopic (exact) mass is 510 g/mol.